The van der Waals surface area contributed by atoms with Crippen molar-refractivity contribution in [3.05, 3.63) is 22.4 Å². The van der Waals surface area contributed by atoms with Crippen molar-refractivity contribution in [1.82, 2.24) is 5.32 Å². The molecule has 0 aliphatic carbocycles. The molecule has 0 bridgehead atoms. The van der Waals surface area contributed by atoms with Crippen LogP contribution in [0.25, 0.3) is 0 Å². The van der Waals surface area contributed by atoms with Crippen LogP contribution in [-0.4, -0.2) is 29.2 Å². The van der Waals surface area contributed by atoms with E-state index in [0.717, 1.165) is 5.56 Å². The molecule has 0 saturated carbocycles. The van der Waals surface area contributed by atoms with E-state index in [9.17, 15) is 9.59 Å². The lowest BCUT2D eigenvalue weighted by Gasteiger charge is -2.11. The van der Waals surface area contributed by atoms with Gasteiger partial charge in [0, 0.05) is 6.54 Å². The molecule has 17 heavy (non-hydrogen) atoms. The molecule has 1 aliphatic heterocycles. The van der Waals surface area contributed by atoms with E-state index in [-0.39, 0.29) is 5.91 Å². The van der Waals surface area contributed by atoms with Crippen LogP contribution in [0.3, 0.4) is 0 Å². The smallest absolute Gasteiger partial charge is 0.332 e. The average Bonchev–Trinajstić information content (AvgIpc) is 2.96. The normalized spacial score (nSPS) is 23.5. The van der Waals surface area contributed by atoms with Crippen LogP contribution >= 0.6 is 11.3 Å². The number of hydrogen-bond donors (Lipinski definition) is 2. The molecule has 0 radical (unpaired) electrons. The van der Waals surface area contributed by atoms with Crippen molar-refractivity contribution >= 4 is 23.2 Å². The molecule has 2 rings (SSSR count). The van der Waals surface area contributed by atoms with Crippen molar-refractivity contribution in [2.75, 3.05) is 0 Å². The Morgan fingerprint density at radius 1 is 1.47 bits per heavy atom. The first-order valence-electron chi connectivity index (χ1n) is 5.34. The molecular weight excluding hydrogens is 242 g/mol. The maximum Gasteiger partial charge on any atom is 0.332 e. The summed E-state index contributed by atoms with van der Waals surface area (Å²) in [5, 5.41) is 15.4. The number of amides is 1. The van der Waals surface area contributed by atoms with Crippen LogP contribution in [0.15, 0.2) is 16.8 Å². The number of carbonyl (C=O) groups is 2. The highest BCUT2D eigenvalue weighted by Crippen LogP contribution is 2.20. The molecule has 1 amide bonds. The quantitative estimate of drug-likeness (QED) is 0.841. The van der Waals surface area contributed by atoms with E-state index in [1.54, 1.807) is 11.3 Å². The van der Waals surface area contributed by atoms with E-state index in [2.05, 4.69) is 5.32 Å². The van der Waals surface area contributed by atoms with E-state index in [4.69, 9.17) is 9.84 Å². The van der Waals surface area contributed by atoms with E-state index in [0.29, 0.717) is 19.4 Å². The third kappa shape index (κ3) is 3.04. The molecular formula is C11H13NO4S. The van der Waals surface area contributed by atoms with Crippen LogP contribution in [0.5, 0.6) is 0 Å². The molecule has 0 aromatic carbocycles. The SMILES string of the molecule is O=C(NCc1ccsc1)[C@@H]1CC[C@H](C(=O)O)O1. The van der Waals surface area contributed by atoms with Crippen LogP contribution in [0.4, 0.5) is 0 Å². The summed E-state index contributed by atoms with van der Waals surface area (Å²) in [5.74, 6) is -1.24. The van der Waals surface area contributed by atoms with E-state index < -0.39 is 18.2 Å². The second kappa shape index (κ2) is 5.29. The van der Waals surface area contributed by atoms with E-state index >= 15 is 0 Å². The number of carboxylic acid groups (broad SMARTS) is 1. The minimum Gasteiger partial charge on any atom is -0.479 e. The fourth-order valence-electron chi connectivity index (χ4n) is 1.71. The van der Waals surface area contributed by atoms with Crippen LogP contribution in [-0.2, 0) is 20.9 Å². The van der Waals surface area contributed by atoms with Crippen molar-refractivity contribution in [3.63, 3.8) is 0 Å². The maximum absolute atomic E-state index is 11.7. The fraction of sp³-hybridized carbons (Fsp3) is 0.455. The number of hydrogen-bond acceptors (Lipinski definition) is 4. The fourth-order valence-corrected chi connectivity index (χ4v) is 2.38. The van der Waals surface area contributed by atoms with Gasteiger partial charge in [0.05, 0.1) is 0 Å². The average molecular weight is 255 g/mol. The molecule has 1 aromatic heterocycles. The molecule has 5 nitrogen and oxygen atoms in total. The zero-order valence-corrected chi connectivity index (χ0v) is 9.90. The Kier molecular flexibility index (Phi) is 3.75. The Bertz CT molecular complexity index is 404. The summed E-state index contributed by atoms with van der Waals surface area (Å²) in [5.41, 5.74) is 1.04. The molecule has 2 heterocycles. The number of carboxylic acids is 1. The summed E-state index contributed by atoms with van der Waals surface area (Å²) in [6.07, 6.45) is -0.611. The predicted octanol–water partition coefficient (Wildman–Crippen LogP) is 0.996. The number of rotatable bonds is 4. The highest BCUT2D eigenvalue weighted by atomic mass is 32.1. The van der Waals surface area contributed by atoms with Crippen molar-refractivity contribution < 1.29 is 19.4 Å². The molecule has 0 unspecified atom stereocenters. The van der Waals surface area contributed by atoms with E-state index in [1.165, 1.54) is 0 Å². The Balaban J connectivity index is 1.79. The first kappa shape index (κ1) is 12.1. The molecule has 2 N–H and O–H groups in total. The summed E-state index contributed by atoms with van der Waals surface area (Å²) >= 11 is 1.57. The highest BCUT2D eigenvalue weighted by molar-refractivity contribution is 7.07. The van der Waals surface area contributed by atoms with Crippen LogP contribution in [0.2, 0.25) is 0 Å². The van der Waals surface area contributed by atoms with Gasteiger partial charge in [-0.15, -0.1) is 0 Å². The molecule has 0 spiro atoms. The molecule has 1 fully saturated rings. The molecule has 6 heteroatoms. The lowest BCUT2D eigenvalue weighted by molar-refractivity contribution is -0.151. The van der Waals surface area contributed by atoms with Gasteiger partial charge in [-0.3, -0.25) is 4.79 Å². The molecule has 1 saturated heterocycles. The third-order valence-corrected chi connectivity index (χ3v) is 3.37. The summed E-state index contributed by atoms with van der Waals surface area (Å²) < 4.78 is 5.15. The number of carbonyl (C=O) groups excluding carboxylic acids is 1. The van der Waals surface area contributed by atoms with Crippen molar-refractivity contribution in [2.45, 2.75) is 31.6 Å². The van der Waals surface area contributed by atoms with Gasteiger partial charge in [-0.05, 0) is 35.2 Å². The van der Waals surface area contributed by atoms with Gasteiger partial charge in [0.1, 0.15) is 6.10 Å². The van der Waals surface area contributed by atoms with Crippen molar-refractivity contribution in [1.29, 1.82) is 0 Å². The van der Waals surface area contributed by atoms with Crippen molar-refractivity contribution in [2.24, 2.45) is 0 Å². The van der Waals surface area contributed by atoms with Crippen LogP contribution < -0.4 is 5.32 Å². The topological polar surface area (TPSA) is 75.6 Å². The zero-order valence-electron chi connectivity index (χ0n) is 9.09. The second-order valence-corrected chi connectivity index (χ2v) is 4.66. The Morgan fingerprint density at radius 2 is 2.24 bits per heavy atom. The van der Waals surface area contributed by atoms with Gasteiger partial charge < -0.3 is 15.2 Å². The summed E-state index contributed by atoms with van der Waals surface area (Å²) in [6, 6.07) is 1.93. The number of ether oxygens (including phenoxy) is 1. The van der Waals surface area contributed by atoms with Crippen LogP contribution in [0.1, 0.15) is 18.4 Å². The van der Waals surface area contributed by atoms with E-state index in [1.807, 2.05) is 16.8 Å². The largest absolute Gasteiger partial charge is 0.479 e. The van der Waals surface area contributed by atoms with Gasteiger partial charge >= 0.3 is 5.97 Å². The monoisotopic (exact) mass is 255 g/mol. The minimum absolute atomic E-state index is 0.236. The standard InChI is InChI=1S/C11H13NO4S/c13-10(12-5-7-3-4-17-6-7)8-1-2-9(16-8)11(14)15/h3-4,6,8-9H,1-2,5H2,(H,12,13)(H,14,15)/t8-,9+/m0/s1. The van der Waals surface area contributed by atoms with Gasteiger partial charge in [-0.25, -0.2) is 4.79 Å². The molecule has 1 aliphatic rings. The van der Waals surface area contributed by atoms with Crippen LogP contribution in [0, 0.1) is 0 Å². The summed E-state index contributed by atoms with van der Waals surface area (Å²) in [6.45, 7) is 0.458. The van der Waals surface area contributed by atoms with Gasteiger partial charge in [0.15, 0.2) is 6.10 Å². The Morgan fingerprint density at radius 3 is 2.82 bits per heavy atom. The molecule has 2 atom stereocenters. The van der Waals surface area contributed by atoms with Gasteiger partial charge in [0.25, 0.3) is 0 Å². The predicted molar refractivity (Wildman–Crippen MR) is 61.7 cm³/mol. The Labute approximate surface area is 102 Å². The second-order valence-electron chi connectivity index (χ2n) is 3.88. The summed E-state index contributed by atoms with van der Waals surface area (Å²) in [4.78, 5) is 22.3. The lowest BCUT2D eigenvalue weighted by atomic mass is 10.2. The Hall–Kier alpha value is -1.40. The minimum atomic E-state index is -1.00. The van der Waals surface area contributed by atoms with Crippen molar-refractivity contribution in [3.8, 4) is 0 Å². The molecule has 1 aromatic rings. The van der Waals surface area contributed by atoms with Gasteiger partial charge in [-0.2, -0.15) is 11.3 Å². The lowest BCUT2D eigenvalue weighted by Crippen LogP contribution is -2.35. The zero-order chi connectivity index (χ0) is 12.3. The van der Waals surface area contributed by atoms with Gasteiger partial charge in [-0.1, -0.05) is 0 Å². The number of thiophene rings is 1. The number of nitrogens with one attached hydrogen (secondary N) is 1. The first-order chi connectivity index (χ1) is 8.16. The third-order valence-electron chi connectivity index (χ3n) is 2.63. The maximum atomic E-state index is 11.7. The first-order valence-corrected chi connectivity index (χ1v) is 6.28. The highest BCUT2D eigenvalue weighted by Gasteiger charge is 2.34. The summed E-state index contributed by atoms with van der Waals surface area (Å²) in [7, 11) is 0. The number of aliphatic carboxylic acids is 1. The van der Waals surface area contributed by atoms with Gasteiger partial charge in [0.2, 0.25) is 5.91 Å². The molecule has 92 valence electrons.